The monoisotopic (exact) mass is 214 g/mol. The Morgan fingerprint density at radius 3 is 2.80 bits per heavy atom. The van der Waals surface area contributed by atoms with Crippen molar-refractivity contribution in [2.24, 2.45) is 0 Å². The Morgan fingerprint density at radius 1 is 1.27 bits per heavy atom. The Hall–Kier alpha value is -0.120. The molecule has 0 amide bonds. The minimum Gasteiger partial charge on any atom is -0.376 e. The van der Waals surface area contributed by atoms with E-state index in [1.54, 1.807) is 0 Å². The molecule has 1 atom stereocenters. The first-order valence-corrected chi connectivity index (χ1v) is 6.31. The summed E-state index contributed by atoms with van der Waals surface area (Å²) in [6, 6.07) is 0. The Labute approximate surface area is 94.2 Å². The van der Waals surface area contributed by atoms with Crippen molar-refractivity contribution >= 4 is 0 Å². The van der Waals surface area contributed by atoms with E-state index in [4.69, 9.17) is 4.74 Å². The van der Waals surface area contributed by atoms with E-state index in [0.29, 0.717) is 6.10 Å². The summed E-state index contributed by atoms with van der Waals surface area (Å²) in [7, 11) is 2.02. The summed E-state index contributed by atoms with van der Waals surface area (Å²) in [6.07, 6.45) is 5.82. The van der Waals surface area contributed by atoms with Crippen LogP contribution in [0.2, 0.25) is 0 Å². The van der Waals surface area contributed by atoms with Gasteiger partial charge in [-0.2, -0.15) is 0 Å². The molecule has 1 heterocycles. The molecule has 1 saturated heterocycles. The molecule has 1 unspecified atom stereocenters. The summed E-state index contributed by atoms with van der Waals surface area (Å²) >= 11 is 0. The second kappa shape index (κ2) is 8.08. The highest BCUT2D eigenvalue weighted by molar-refractivity contribution is 4.67. The Kier molecular flexibility index (Phi) is 6.98. The van der Waals surface area contributed by atoms with E-state index in [-0.39, 0.29) is 0 Å². The molecule has 15 heavy (non-hydrogen) atoms. The number of nitrogens with one attached hydrogen (secondary N) is 1. The molecule has 90 valence electrons. The molecule has 0 bridgehead atoms. The van der Waals surface area contributed by atoms with Crippen molar-refractivity contribution in [2.75, 3.05) is 39.8 Å². The molecule has 1 aliphatic rings. The van der Waals surface area contributed by atoms with Crippen LogP contribution in [0.3, 0.4) is 0 Å². The van der Waals surface area contributed by atoms with Gasteiger partial charge in [0, 0.05) is 13.1 Å². The molecule has 0 aromatic heterocycles. The van der Waals surface area contributed by atoms with E-state index in [0.717, 1.165) is 26.2 Å². The van der Waals surface area contributed by atoms with Gasteiger partial charge in [0.15, 0.2) is 0 Å². The van der Waals surface area contributed by atoms with Crippen LogP contribution in [-0.2, 0) is 4.74 Å². The number of hydrogen-bond donors (Lipinski definition) is 1. The van der Waals surface area contributed by atoms with Gasteiger partial charge >= 0.3 is 0 Å². The predicted octanol–water partition coefficient (Wildman–Crippen LogP) is 1.49. The maximum atomic E-state index is 5.52. The first kappa shape index (κ1) is 12.9. The van der Waals surface area contributed by atoms with Gasteiger partial charge in [-0.05, 0) is 39.9 Å². The van der Waals surface area contributed by atoms with Crippen LogP contribution in [-0.4, -0.2) is 50.8 Å². The highest BCUT2D eigenvalue weighted by atomic mass is 16.5. The van der Waals surface area contributed by atoms with Crippen molar-refractivity contribution in [1.29, 1.82) is 0 Å². The summed E-state index contributed by atoms with van der Waals surface area (Å²) in [4.78, 5) is 2.53. The van der Waals surface area contributed by atoms with Crippen molar-refractivity contribution < 1.29 is 4.74 Å². The number of unbranched alkanes of at least 4 members (excludes halogenated alkanes) is 3. The number of hydrogen-bond acceptors (Lipinski definition) is 3. The van der Waals surface area contributed by atoms with Crippen molar-refractivity contribution in [1.82, 2.24) is 10.2 Å². The Morgan fingerprint density at radius 2 is 2.07 bits per heavy atom. The van der Waals surface area contributed by atoms with Crippen LogP contribution < -0.4 is 5.32 Å². The lowest BCUT2D eigenvalue weighted by atomic mass is 10.2. The summed E-state index contributed by atoms with van der Waals surface area (Å²) in [5.41, 5.74) is 0. The molecule has 1 rings (SSSR count). The fourth-order valence-electron chi connectivity index (χ4n) is 2.08. The molecule has 1 fully saturated rings. The number of nitrogens with zero attached hydrogens (tertiary/aromatic N) is 1. The van der Waals surface area contributed by atoms with Crippen molar-refractivity contribution in [3.63, 3.8) is 0 Å². The highest BCUT2D eigenvalue weighted by Crippen LogP contribution is 2.07. The van der Waals surface area contributed by atoms with Gasteiger partial charge in [-0.3, -0.25) is 4.90 Å². The maximum Gasteiger partial charge on any atom is 0.0674 e. The van der Waals surface area contributed by atoms with Gasteiger partial charge in [0.05, 0.1) is 12.7 Å². The highest BCUT2D eigenvalue weighted by Gasteiger charge is 2.15. The van der Waals surface area contributed by atoms with Crippen LogP contribution in [0.1, 0.15) is 32.6 Å². The average Bonchev–Trinajstić information content (AvgIpc) is 2.23. The lowest BCUT2D eigenvalue weighted by Crippen LogP contribution is -2.41. The molecule has 0 aromatic rings. The van der Waals surface area contributed by atoms with Gasteiger partial charge in [-0.25, -0.2) is 0 Å². The van der Waals surface area contributed by atoms with Crippen LogP contribution >= 0.6 is 0 Å². The average molecular weight is 214 g/mol. The van der Waals surface area contributed by atoms with Crippen LogP contribution in [0, 0.1) is 0 Å². The zero-order valence-electron chi connectivity index (χ0n) is 10.3. The molecule has 3 heteroatoms. The SMILES string of the molecule is CNCCCCCCN1CCOC(C)C1. The minimum atomic E-state index is 0.433. The van der Waals surface area contributed by atoms with Crippen molar-refractivity contribution in [2.45, 2.75) is 38.7 Å². The molecule has 3 nitrogen and oxygen atoms in total. The van der Waals surface area contributed by atoms with Gasteiger partial charge < -0.3 is 10.1 Å². The van der Waals surface area contributed by atoms with Crippen molar-refractivity contribution in [3.8, 4) is 0 Å². The van der Waals surface area contributed by atoms with E-state index in [1.165, 1.54) is 32.2 Å². The Balaban J connectivity index is 1.90. The lowest BCUT2D eigenvalue weighted by molar-refractivity contribution is -0.0186. The molecular formula is C12H26N2O. The summed E-state index contributed by atoms with van der Waals surface area (Å²) in [5.74, 6) is 0. The van der Waals surface area contributed by atoms with Gasteiger partial charge in [0.2, 0.25) is 0 Å². The molecule has 1 N–H and O–H groups in total. The summed E-state index contributed by atoms with van der Waals surface area (Å²) in [5, 5.41) is 3.19. The van der Waals surface area contributed by atoms with E-state index >= 15 is 0 Å². The van der Waals surface area contributed by atoms with Gasteiger partial charge in [-0.15, -0.1) is 0 Å². The topological polar surface area (TPSA) is 24.5 Å². The standard InChI is InChI=1S/C12H26N2O/c1-12-11-14(9-10-15-12)8-6-4-3-5-7-13-2/h12-13H,3-11H2,1-2H3. The smallest absolute Gasteiger partial charge is 0.0674 e. The zero-order chi connectivity index (χ0) is 10.9. The summed E-state index contributed by atoms with van der Waals surface area (Å²) < 4.78 is 5.52. The third-order valence-corrected chi connectivity index (χ3v) is 2.98. The second-order valence-corrected chi connectivity index (χ2v) is 4.50. The lowest BCUT2D eigenvalue weighted by Gasteiger charge is -2.30. The first-order chi connectivity index (χ1) is 7.33. The quantitative estimate of drug-likeness (QED) is 0.650. The first-order valence-electron chi connectivity index (χ1n) is 6.31. The molecule has 0 spiro atoms. The largest absolute Gasteiger partial charge is 0.376 e. The molecule has 0 radical (unpaired) electrons. The third kappa shape index (κ3) is 6.13. The normalized spacial score (nSPS) is 23.2. The van der Waals surface area contributed by atoms with Crippen LogP contribution in [0.4, 0.5) is 0 Å². The van der Waals surface area contributed by atoms with E-state index in [9.17, 15) is 0 Å². The molecule has 0 aliphatic carbocycles. The molecule has 1 aliphatic heterocycles. The van der Waals surface area contributed by atoms with E-state index in [2.05, 4.69) is 17.1 Å². The number of morpholine rings is 1. The minimum absolute atomic E-state index is 0.433. The number of ether oxygens (including phenoxy) is 1. The zero-order valence-corrected chi connectivity index (χ0v) is 10.3. The fourth-order valence-corrected chi connectivity index (χ4v) is 2.08. The van der Waals surface area contributed by atoms with Gasteiger partial charge in [0.25, 0.3) is 0 Å². The van der Waals surface area contributed by atoms with Crippen molar-refractivity contribution in [3.05, 3.63) is 0 Å². The predicted molar refractivity (Wildman–Crippen MR) is 64.2 cm³/mol. The van der Waals surface area contributed by atoms with Gasteiger partial charge in [0.1, 0.15) is 0 Å². The van der Waals surface area contributed by atoms with Crippen LogP contribution in [0.25, 0.3) is 0 Å². The molecular weight excluding hydrogens is 188 g/mol. The molecule has 0 saturated carbocycles. The van der Waals surface area contributed by atoms with Gasteiger partial charge in [-0.1, -0.05) is 12.8 Å². The fraction of sp³-hybridized carbons (Fsp3) is 1.00. The van der Waals surface area contributed by atoms with E-state index < -0.39 is 0 Å². The van der Waals surface area contributed by atoms with Crippen LogP contribution in [0.5, 0.6) is 0 Å². The van der Waals surface area contributed by atoms with E-state index in [1.807, 2.05) is 7.05 Å². The third-order valence-electron chi connectivity index (χ3n) is 2.98. The summed E-state index contributed by atoms with van der Waals surface area (Å²) in [6.45, 7) is 7.75. The number of rotatable bonds is 7. The maximum absolute atomic E-state index is 5.52. The second-order valence-electron chi connectivity index (χ2n) is 4.50. The Bertz CT molecular complexity index is 153. The molecule has 0 aromatic carbocycles. The van der Waals surface area contributed by atoms with Crippen LogP contribution in [0.15, 0.2) is 0 Å².